The first-order valence-corrected chi connectivity index (χ1v) is 14.7. The van der Waals surface area contributed by atoms with Crippen molar-refractivity contribution in [1.82, 2.24) is 20.4 Å². The predicted molar refractivity (Wildman–Crippen MR) is 155 cm³/mol. The van der Waals surface area contributed by atoms with Gasteiger partial charge in [0.25, 0.3) is 0 Å². The van der Waals surface area contributed by atoms with Crippen molar-refractivity contribution in [2.45, 2.75) is 23.9 Å². The molecule has 1 aliphatic rings. The molecule has 0 bridgehead atoms. The molecule has 3 amide bonds. The molecule has 236 valence electrons. The van der Waals surface area contributed by atoms with Crippen molar-refractivity contribution in [3.8, 4) is 0 Å². The van der Waals surface area contributed by atoms with Crippen molar-refractivity contribution in [3.05, 3.63) is 59.7 Å². The van der Waals surface area contributed by atoms with Crippen LogP contribution in [-0.2, 0) is 25.8 Å². The van der Waals surface area contributed by atoms with Crippen LogP contribution in [0.1, 0.15) is 17.5 Å². The smallest absolute Gasteiger partial charge is 0.475 e. The Bertz CT molecular complexity index is 1380. The number of hydrogen-bond acceptors (Lipinski definition) is 8. The molecule has 0 fully saturated rings. The van der Waals surface area contributed by atoms with E-state index in [1.165, 1.54) is 17.0 Å². The summed E-state index contributed by atoms with van der Waals surface area (Å²) in [6.45, 7) is 2.50. The normalized spacial score (nSPS) is 12.7. The van der Waals surface area contributed by atoms with Crippen LogP contribution >= 0.6 is 0 Å². The van der Waals surface area contributed by atoms with Gasteiger partial charge in [-0.3, -0.25) is 9.79 Å². The number of anilines is 1. The minimum Gasteiger partial charge on any atom is -0.475 e. The number of carbonyl (C=O) groups excluding carboxylic acids is 2. The summed E-state index contributed by atoms with van der Waals surface area (Å²) in [5, 5.41) is 15.9. The highest BCUT2D eigenvalue weighted by molar-refractivity contribution is 7.91. The number of alkyl halides is 3. The first kappa shape index (κ1) is 35.0. The number of amides is 3. The summed E-state index contributed by atoms with van der Waals surface area (Å²) in [6, 6.07) is 13.8. The maximum atomic E-state index is 12.6. The van der Waals surface area contributed by atoms with Gasteiger partial charge >= 0.3 is 18.2 Å². The molecule has 0 atom stereocenters. The Labute approximate surface area is 247 Å². The number of benzene rings is 2. The number of amidine groups is 1. The molecule has 3 rings (SSSR count). The monoisotopic (exact) mass is 628 g/mol. The molecule has 16 heteroatoms. The molecule has 0 spiro atoms. The highest BCUT2D eigenvalue weighted by Crippen LogP contribution is 2.16. The Kier molecular flexibility index (Phi) is 12.9. The van der Waals surface area contributed by atoms with Crippen molar-refractivity contribution in [1.29, 1.82) is 0 Å². The highest BCUT2D eigenvalue weighted by Gasteiger charge is 2.38. The Morgan fingerprint density at radius 1 is 1.02 bits per heavy atom. The van der Waals surface area contributed by atoms with E-state index in [0.29, 0.717) is 12.2 Å². The number of urea groups is 1. The molecule has 43 heavy (non-hydrogen) atoms. The van der Waals surface area contributed by atoms with Crippen molar-refractivity contribution in [3.63, 3.8) is 0 Å². The fourth-order valence-electron chi connectivity index (χ4n) is 3.50. The third-order valence-electron chi connectivity index (χ3n) is 5.98. The number of carboxylic acid groups (broad SMARTS) is 1. The first-order valence-electron chi connectivity index (χ1n) is 13.0. The summed E-state index contributed by atoms with van der Waals surface area (Å²) in [5.41, 5.74) is 2.70. The summed E-state index contributed by atoms with van der Waals surface area (Å²) < 4.78 is 56.8. The van der Waals surface area contributed by atoms with Crippen LogP contribution < -0.4 is 16.0 Å². The summed E-state index contributed by atoms with van der Waals surface area (Å²) in [5.74, 6) is -2.16. The molecule has 4 N–H and O–H groups in total. The molecule has 0 aliphatic carbocycles. The third kappa shape index (κ3) is 11.9. The van der Waals surface area contributed by atoms with Gasteiger partial charge in [-0.25, -0.2) is 18.0 Å². The van der Waals surface area contributed by atoms with E-state index in [4.69, 9.17) is 9.90 Å². The molecular formula is C27H35F3N6O6S. The fourth-order valence-corrected chi connectivity index (χ4v) is 4.63. The largest absolute Gasteiger partial charge is 0.490 e. The topological polar surface area (TPSA) is 161 Å². The molecule has 2 aromatic carbocycles. The van der Waals surface area contributed by atoms with Gasteiger partial charge in [0, 0.05) is 58.4 Å². The van der Waals surface area contributed by atoms with Gasteiger partial charge < -0.3 is 30.9 Å². The Balaban J connectivity index is 0.000000821. The molecule has 1 aliphatic heterocycles. The van der Waals surface area contributed by atoms with Gasteiger partial charge in [0.05, 0.1) is 11.4 Å². The van der Waals surface area contributed by atoms with Crippen molar-refractivity contribution >= 4 is 39.3 Å². The number of sulfone groups is 1. The van der Waals surface area contributed by atoms with E-state index < -0.39 is 22.0 Å². The molecule has 12 nitrogen and oxygen atoms in total. The third-order valence-corrected chi connectivity index (χ3v) is 7.56. The SMILES string of the molecule is CN(C)C(=O)Nc1ccc(S(=O)(=O)CNCCC(=O)N(C)CCc2ccc(C3=NCCN3)cc2)cc1.O=C(O)C(F)(F)F. The highest BCUT2D eigenvalue weighted by atomic mass is 32.2. The number of carbonyl (C=O) groups is 3. The Hall–Kier alpha value is -4.18. The zero-order chi connectivity index (χ0) is 32.2. The van der Waals surface area contributed by atoms with E-state index in [2.05, 4.69) is 20.9 Å². The minimum absolute atomic E-state index is 0.0537. The second kappa shape index (κ2) is 15.9. The lowest BCUT2D eigenvalue weighted by Crippen LogP contribution is -2.32. The van der Waals surface area contributed by atoms with Gasteiger partial charge in [0.1, 0.15) is 11.7 Å². The Morgan fingerprint density at radius 3 is 2.14 bits per heavy atom. The number of carboxylic acids is 1. The van der Waals surface area contributed by atoms with Crippen molar-refractivity contribution < 1.29 is 41.1 Å². The molecule has 2 aromatic rings. The van der Waals surface area contributed by atoms with Crippen LogP contribution in [0.4, 0.5) is 23.7 Å². The van der Waals surface area contributed by atoms with Gasteiger partial charge in [0.2, 0.25) is 5.91 Å². The van der Waals surface area contributed by atoms with Gasteiger partial charge in [-0.2, -0.15) is 13.2 Å². The predicted octanol–water partition coefficient (Wildman–Crippen LogP) is 2.18. The molecule has 1 heterocycles. The molecule has 0 unspecified atom stereocenters. The molecule has 0 radical (unpaired) electrons. The second-order valence-corrected chi connectivity index (χ2v) is 11.6. The standard InChI is InChI=1S/C25H34N6O4S.C2HF3O2/c1-30(2)25(33)29-21-8-10-22(11-9-21)36(34,35)18-26-14-12-23(32)31(3)17-13-19-4-6-20(7-5-19)24-27-15-16-28-24;3-2(4,5)1(6)7/h4-11,26H,12-18H2,1-3H3,(H,27,28)(H,29,33);(H,6,7). The van der Waals surface area contributed by atoms with Gasteiger partial charge in [-0.05, 0) is 36.2 Å². The number of hydrogen-bond donors (Lipinski definition) is 4. The Morgan fingerprint density at radius 2 is 1.63 bits per heavy atom. The maximum absolute atomic E-state index is 12.6. The number of aliphatic imine (C=N–C) groups is 1. The average molecular weight is 629 g/mol. The van der Waals surface area contributed by atoms with E-state index >= 15 is 0 Å². The van der Waals surface area contributed by atoms with Crippen LogP contribution in [0.5, 0.6) is 0 Å². The van der Waals surface area contributed by atoms with E-state index in [0.717, 1.165) is 36.5 Å². The summed E-state index contributed by atoms with van der Waals surface area (Å²) >= 11 is 0. The van der Waals surface area contributed by atoms with Crippen LogP contribution in [0.3, 0.4) is 0 Å². The van der Waals surface area contributed by atoms with Crippen LogP contribution in [0.25, 0.3) is 0 Å². The lowest BCUT2D eigenvalue weighted by Gasteiger charge is -2.17. The maximum Gasteiger partial charge on any atom is 0.490 e. The number of nitrogens with zero attached hydrogens (tertiary/aromatic N) is 3. The van der Waals surface area contributed by atoms with E-state index in [-0.39, 0.29) is 35.7 Å². The van der Waals surface area contributed by atoms with Crippen LogP contribution in [-0.4, -0.2) is 106 Å². The summed E-state index contributed by atoms with van der Waals surface area (Å²) in [4.78, 5) is 40.6. The van der Waals surface area contributed by atoms with Gasteiger partial charge in [0.15, 0.2) is 9.84 Å². The lowest BCUT2D eigenvalue weighted by molar-refractivity contribution is -0.192. The van der Waals surface area contributed by atoms with Crippen LogP contribution in [0.2, 0.25) is 0 Å². The fraction of sp³-hybridized carbons (Fsp3) is 0.407. The second-order valence-electron chi connectivity index (χ2n) is 9.58. The first-order chi connectivity index (χ1) is 20.1. The van der Waals surface area contributed by atoms with Crippen LogP contribution in [0, 0.1) is 0 Å². The number of nitrogens with one attached hydrogen (secondary N) is 3. The van der Waals surface area contributed by atoms with Gasteiger partial charge in [-0.15, -0.1) is 0 Å². The van der Waals surface area contributed by atoms with E-state index in [1.807, 2.05) is 24.3 Å². The number of halogens is 3. The van der Waals surface area contributed by atoms with Crippen molar-refractivity contribution in [2.24, 2.45) is 4.99 Å². The summed E-state index contributed by atoms with van der Waals surface area (Å²) in [6.07, 6.45) is -4.15. The number of aliphatic carboxylic acids is 1. The van der Waals surface area contributed by atoms with Crippen LogP contribution in [0.15, 0.2) is 58.4 Å². The zero-order valence-corrected chi connectivity index (χ0v) is 24.8. The molecular weight excluding hydrogens is 593 g/mol. The number of likely N-dealkylation sites (N-methyl/N-ethyl adjacent to an activating group) is 1. The van der Waals surface area contributed by atoms with E-state index in [1.54, 1.807) is 38.2 Å². The van der Waals surface area contributed by atoms with Gasteiger partial charge in [-0.1, -0.05) is 24.3 Å². The minimum atomic E-state index is -5.08. The molecule has 0 saturated carbocycles. The van der Waals surface area contributed by atoms with E-state index in [9.17, 15) is 31.2 Å². The molecule has 0 saturated heterocycles. The lowest BCUT2D eigenvalue weighted by atomic mass is 10.1. The number of rotatable bonds is 11. The zero-order valence-electron chi connectivity index (χ0n) is 23.9. The molecule has 0 aromatic heterocycles. The quantitative estimate of drug-likeness (QED) is 0.276. The van der Waals surface area contributed by atoms with Crippen molar-refractivity contribution in [2.75, 3.05) is 58.5 Å². The summed E-state index contributed by atoms with van der Waals surface area (Å²) in [7, 11) is 1.42. The average Bonchev–Trinajstić information content (AvgIpc) is 3.49.